The summed E-state index contributed by atoms with van der Waals surface area (Å²) < 4.78 is 7.00. The number of halogens is 1. The number of carbonyl (C=O) groups excluding carboxylic acids is 1. The Balaban J connectivity index is 0.00000181. The first-order chi connectivity index (χ1) is 13.5. The number of benzene rings is 1. The summed E-state index contributed by atoms with van der Waals surface area (Å²) >= 11 is 0. The summed E-state index contributed by atoms with van der Waals surface area (Å²) in [4.78, 5) is 12.9. The molecule has 2 aliphatic heterocycles. The summed E-state index contributed by atoms with van der Waals surface area (Å²) in [6.45, 7) is 6.92. The maximum absolute atomic E-state index is 12.9. The third-order valence-electron chi connectivity index (χ3n) is 8.56. The Hall–Kier alpha value is -1.12. The van der Waals surface area contributed by atoms with Crippen LogP contribution in [0.25, 0.3) is 0 Å². The van der Waals surface area contributed by atoms with Crippen molar-refractivity contribution in [3.8, 4) is 11.5 Å². The zero-order valence-electron chi connectivity index (χ0n) is 16.6. The van der Waals surface area contributed by atoms with Crippen molar-refractivity contribution in [1.82, 2.24) is 0 Å². The number of likely N-dealkylation sites (tertiary alicyclic amines) is 1. The molecular weight excluding hydrogens is 481 g/mol. The SMILES string of the molecule is C=CC[N+]1(CC2CC2)CC[C@]23c4c5ccc(O)c4O[C@H]2C(=O)CCC3(O)[C@H]1C5.[I-]. The third-order valence-corrected chi connectivity index (χ3v) is 8.56. The van der Waals surface area contributed by atoms with Crippen molar-refractivity contribution in [3.05, 3.63) is 35.9 Å². The summed E-state index contributed by atoms with van der Waals surface area (Å²) in [5, 5.41) is 22.8. The summed E-state index contributed by atoms with van der Waals surface area (Å²) in [6, 6.07) is 3.72. The lowest BCUT2D eigenvalue weighted by atomic mass is 9.48. The number of piperidine rings is 1. The van der Waals surface area contributed by atoms with Crippen molar-refractivity contribution in [1.29, 1.82) is 0 Å². The number of aliphatic hydroxyl groups is 1. The number of hydrogen-bond acceptors (Lipinski definition) is 4. The number of carbonyl (C=O) groups is 1. The summed E-state index contributed by atoms with van der Waals surface area (Å²) in [5.74, 6) is 1.35. The first kappa shape index (κ1) is 19.8. The van der Waals surface area contributed by atoms with Gasteiger partial charge < -0.3 is 43.4 Å². The lowest BCUT2D eigenvalue weighted by Crippen LogP contribution is -3.00. The lowest BCUT2D eigenvalue weighted by Gasteiger charge is -2.65. The topological polar surface area (TPSA) is 66.8 Å². The number of hydrogen-bond donors (Lipinski definition) is 2. The van der Waals surface area contributed by atoms with Gasteiger partial charge in [-0.2, -0.15) is 0 Å². The van der Waals surface area contributed by atoms with Crippen LogP contribution in [-0.2, 0) is 16.6 Å². The molecule has 1 saturated heterocycles. The molecule has 6 rings (SSSR count). The van der Waals surface area contributed by atoms with Gasteiger partial charge in [-0.1, -0.05) is 12.6 Å². The Morgan fingerprint density at radius 1 is 1.31 bits per heavy atom. The van der Waals surface area contributed by atoms with Gasteiger partial charge in [0.15, 0.2) is 23.4 Å². The summed E-state index contributed by atoms with van der Waals surface area (Å²) in [6.07, 6.45) is 6.25. The third kappa shape index (κ3) is 2.26. The molecule has 0 radical (unpaired) electrons. The maximum atomic E-state index is 12.9. The highest BCUT2D eigenvalue weighted by Gasteiger charge is 2.76. The molecule has 1 spiro atoms. The Morgan fingerprint density at radius 3 is 2.83 bits per heavy atom. The van der Waals surface area contributed by atoms with Gasteiger partial charge in [0, 0.05) is 30.7 Å². The first-order valence-corrected chi connectivity index (χ1v) is 10.7. The largest absolute Gasteiger partial charge is 1.00 e. The normalized spacial score (nSPS) is 41.2. The molecule has 2 bridgehead atoms. The second-order valence-electron chi connectivity index (χ2n) is 9.82. The Bertz CT molecular complexity index is 914. The predicted octanol–water partition coefficient (Wildman–Crippen LogP) is -0.770. The minimum atomic E-state index is -0.978. The lowest BCUT2D eigenvalue weighted by molar-refractivity contribution is -0.962. The average Bonchev–Trinajstić information content (AvgIpc) is 3.39. The minimum absolute atomic E-state index is 0. The minimum Gasteiger partial charge on any atom is -1.00 e. The van der Waals surface area contributed by atoms with Crippen molar-refractivity contribution in [3.63, 3.8) is 0 Å². The molecule has 3 fully saturated rings. The van der Waals surface area contributed by atoms with E-state index in [0.29, 0.717) is 18.6 Å². The zero-order chi connectivity index (χ0) is 19.3. The van der Waals surface area contributed by atoms with E-state index in [2.05, 4.69) is 6.58 Å². The molecule has 2 unspecified atom stereocenters. The molecule has 3 aliphatic carbocycles. The number of ether oxygens (including phenoxy) is 1. The molecular formula is C23H28INO4. The summed E-state index contributed by atoms with van der Waals surface area (Å²) in [7, 11) is 0. The molecule has 0 amide bonds. The fraction of sp³-hybridized carbons (Fsp3) is 0.609. The van der Waals surface area contributed by atoms with Gasteiger partial charge in [0.25, 0.3) is 0 Å². The van der Waals surface area contributed by atoms with Gasteiger partial charge in [0.05, 0.1) is 25.0 Å². The maximum Gasteiger partial charge on any atom is 0.174 e. The molecule has 2 heterocycles. The highest BCUT2D eigenvalue weighted by Crippen LogP contribution is 2.66. The quantitative estimate of drug-likeness (QED) is 0.318. The van der Waals surface area contributed by atoms with E-state index >= 15 is 0 Å². The molecule has 29 heavy (non-hydrogen) atoms. The van der Waals surface area contributed by atoms with Crippen LogP contribution < -0.4 is 28.7 Å². The van der Waals surface area contributed by atoms with Crippen molar-refractivity contribution in [2.24, 2.45) is 5.92 Å². The van der Waals surface area contributed by atoms with Crippen LogP contribution in [0, 0.1) is 5.92 Å². The van der Waals surface area contributed by atoms with Crippen LogP contribution in [0.15, 0.2) is 24.8 Å². The fourth-order valence-electron chi connectivity index (χ4n) is 7.29. The van der Waals surface area contributed by atoms with Gasteiger partial charge in [-0.15, -0.1) is 0 Å². The van der Waals surface area contributed by atoms with Crippen LogP contribution in [-0.4, -0.2) is 57.9 Å². The highest BCUT2D eigenvalue weighted by molar-refractivity contribution is 5.90. The van der Waals surface area contributed by atoms with E-state index in [1.807, 2.05) is 12.1 Å². The molecule has 156 valence electrons. The predicted molar refractivity (Wildman–Crippen MR) is 103 cm³/mol. The van der Waals surface area contributed by atoms with Crippen LogP contribution >= 0.6 is 0 Å². The van der Waals surface area contributed by atoms with E-state index in [4.69, 9.17) is 4.74 Å². The van der Waals surface area contributed by atoms with E-state index in [9.17, 15) is 15.0 Å². The number of ketones is 1. The monoisotopic (exact) mass is 509 g/mol. The Labute approximate surface area is 188 Å². The van der Waals surface area contributed by atoms with Crippen molar-refractivity contribution >= 4 is 5.78 Å². The number of nitrogens with zero attached hydrogens (tertiary/aromatic N) is 1. The molecule has 5 aliphatic rings. The number of phenolic OH excluding ortho intramolecular Hbond substituents is 1. The molecule has 1 aromatic carbocycles. The van der Waals surface area contributed by atoms with Gasteiger partial charge in [-0.3, -0.25) is 4.79 Å². The molecule has 5 atom stereocenters. The van der Waals surface area contributed by atoms with Gasteiger partial charge >= 0.3 is 0 Å². The number of aromatic hydroxyl groups is 1. The van der Waals surface area contributed by atoms with Gasteiger partial charge in [0.1, 0.15) is 11.6 Å². The van der Waals surface area contributed by atoms with Gasteiger partial charge in [-0.05, 0) is 37.0 Å². The Kier molecular flexibility index (Phi) is 4.24. The first-order valence-electron chi connectivity index (χ1n) is 10.7. The van der Waals surface area contributed by atoms with Crippen molar-refractivity contribution in [2.75, 3.05) is 19.6 Å². The molecule has 5 nitrogen and oxygen atoms in total. The van der Waals surface area contributed by atoms with Crippen LogP contribution in [0.4, 0.5) is 0 Å². The molecule has 6 heteroatoms. The fourth-order valence-corrected chi connectivity index (χ4v) is 7.29. The molecule has 1 aromatic rings. The van der Waals surface area contributed by atoms with Crippen molar-refractivity contribution < 1.29 is 48.2 Å². The Morgan fingerprint density at radius 2 is 2.10 bits per heavy atom. The second-order valence-corrected chi connectivity index (χ2v) is 9.82. The van der Waals surface area contributed by atoms with Crippen LogP contribution in [0.3, 0.4) is 0 Å². The smallest absolute Gasteiger partial charge is 0.174 e. The number of rotatable bonds is 4. The van der Waals surface area contributed by atoms with E-state index in [-0.39, 0.29) is 41.6 Å². The number of quaternary nitrogens is 1. The standard InChI is InChI=1S/C23H27NO4.HI/c1-2-10-24(13-14-3-4-14)11-9-22-19-15-5-6-16(25)20(19)28-21(22)17(26)7-8-23(22,27)18(24)12-15;/h2,5-6,14,18,21,27H,1,3-4,7-13H2;1H/t18-,21+,22+,23?,24?;/m1./s1. The molecule has 0 aromatic heterocycles. The number of phenols is 1. The zero-order valence-corrected chi connectivity index (χ0v) is 18.7. The summed E-state index contributed by atoms with van der Waals surface area (Å²) in [5.41, 5.74) is 0.378. The average molecular weight is 509 g/mol. The van der Waals surface area contributed by atoms with E-state index < -0.39 is 17.1 Å². The van der Waals surface area contributed by atoms with E-state index in [0.717, 1.165) is 54.0 Å². The van der Waals surface area contributed by atoms with Crippen molar-refractivity contribution in [2.45, 2.75) is 61.7 Å². The van der Waals surface area contributed by atoms with E-state index in [1.54, 1.807) is 6.07 Å². The van der Waals surface area contributed by atoms with Gasteiger partial charge in [0.2, 0.25) is 0 Å². The van der Waals surface area contributed by atoms with E-state index in [1.165, 1.54) is 12.8 Å². The van der Waals surface area contributed by atoms with Crippen LogP contribution in [0.1, 0.15) is 43.2 Å². The highest BCUT2D eigenvalue weighted by atomic mass is 127. The molecule has 2 saturated carbocycles. The molecule has 2 N–H and O–H groups in total. The van der Waals surface area contributed by atoms with Crippen LogP contribution in [0.5, 0.6) is 11.5 Å². The second kappa shape index (κ2) is 6.20. The number of Topliss-reactive ketones (excluding diaryl/α,β-unsaturated/α-hetero) is 1. The van der Waals surface area contributed by atoms with Crippen LogP contribution in [0.2, 0.25) is 0 Å². The van der Waals surface area contributed by atoms with Gasteiger partial charge in [-0.25, -0.2) is 0 Å².